The van der Waals surface area contributed by atoms with Crippen molar-refractivity contribution in [1.82, 2.24) is 15.2 Å². The van der Waals surface area contributed by atoms with E-state index in [4.69, 9.17) is 5.11 Å². The summed E-state index contributed by atoms with van der Waals surface area (Å²) >= 11 is 0. The molecule has 2 aromatic rings. The van der Waals surface area contributed by atoms with E-state index in [0.717, 1.165) is 5.52 Å². The van der Waals surface area contributed by atoms with Crippen LogP contribution in [0, 0.1) is 0 Å². The van der Waals surface area contributed by atoms with E-state index in [1.807, 2.05) is 31.2 Å². The average molecular weight is 246 g/mol. The summed E-state index contributed by atoms with van der Waals surface area (Å²) < 4.78 is 0. The second-order valence-electron chi connectivity index (χ2n) is 3.97. The molecule has 1 atom stereocenters. The van der Waals surface area contributed by atoms with Crippen LogP contribution < -0.4 is 5.32 Å². The summed E-state index contributed by atoms with van der Waals surface area (Å²) in [5.41, 5.74) is 1.45. The van der Waals surface area contributed by atoms with E-state index in [1.54, 1.807) is 0 Å². The minimum absolute atomic E-state index is 0.0344. The van der Waals surface area contributed by atoms with Crippen molar-refractivity contribution in [2.45, 2.75) is 25.8 Å². The summed E-state index contributed by atoms with van der Waals surface area (Å²) in [4.78, 5) is 15.0. The second-order valence-corrected chi connectivity index (χ2v) is 3.97. The molecule has 1 unspecified atom stereocenters. The van der Waals surface area contributed by atoms with Gasteiger partial charge in [0.15, 0.2) is 0 Å². The summed E-state index contributed by atoms with van der Waals surface area (Å²) in [5, 5.41) is 19.7. The van der Waals surface area contributed by atoms with Gasteiger partial charge in [0.2, 0.25) is 5.95 Å². The lowest BCUT2D eigenvalue weighted by Gasteiger charge is -2.14. The van der Waals surface area contributed by atoms with Gasteiger partial charge in [-0.25, -0.2) is 4.98 Å². The third kappa shape index (κ3) is 2.91. The molecule has 94 valence electrons. The molecule has 1 aromatic heterocycles. The minimum Gasteiger partial charge on any atom is -0.481 e. The number of carboxylic acid groups (broad SMARTS) is 1. The van der Waals surface area contributed by atoms with Crippen molar-refractivity contribution < 1.29 is 9.90 Å². The molecule has 0 aliphatic carbocycles. The monoisotopic (exact) mass is 246 g/mol. The fourth-order valence-electron chi connectivity index (χ4n) is 1.63. The number of aliphatic carboxylic acids is 1. The lowest BCUT2D eigenvalue weighted by atomic mass is 10.1. The van der Waals surface area contributed by atoms with E-state index >= 15 is 0 Å². The maximum Gasteiger partial charge on any atom is 0.305 e. The molecule has 0 bridgehead atoms. The Morgan fingerprint density at radius 2 is 2.06 bits per heavy atom. The van der Waals surface area contributed by atoms with Gasteiger partial charge in [-0.05, 0) is 18.6 Å². The van der Waals surface area contributed by atoms with Crippen LogP contribution >= 0.6 is 0 Å². The van der Waals surface area contributed by atoms with Gasteiger partial charge in [-0.1, -0.05) is 19.1 Å². The number of para-hydroxylation sites is 1. The Kier molecular flexibility index (Phi) is 3.66. The molecular formula is C12H14N4O2. The highest BCUT2D eigenvalue weighted by molar-refractivity contribution is 5.74. The summed E-state index contributed by atoms with van der Waals surface area (Å²) in [5.74, 6) is -0.482. The van der Waals surface area contributed by atoms with Gasteiger partial charge < -0.3 is 10.4 Å². The van der Waals surface area contributed by atoms with Gasteiger partial charge in [0.05, 0.1) is 11.9 Å². The molecule has 0 spiro atoms. The Hall–Kier alpha value is -2.24. The SMILES string of the molecule is CCC(CC(=O)O)Nc1nnc2ccccc2n1. The van der Waals surface area contributed by atoms with Crippen molar-refractivity contribution in [3.8, 4) is 0 Å². The molecule has 0 fully saturated rings. The molecule has 6 heteroatoms. The number of aromatic nitrogens is 3. The largest absolute Gasteiger partial charge is 0.481 e. The van der Waals surface area contributed by atoms with Crippen molar-refractivity contribution in [2.75, 3.05) is 5.32 Å². The molecular weight excluding hydrogens is 232 g/mol. The number of hydrogen-bond donors (Lipinski definition) is 2. The van der Waals surface area contributed by atoms with Crippen molar-refractivity contribution in [3.63, 3.8) is 0 Å². The Balaban J connectivity index is 2.17. The van der Waals surface area contributed by atoms with Crippen molar-refractivity contribution >= 4 is 23.0 Å². The highest BCUT2D eigenvalue weighted by Gasteiger charge is 2.12. The molecule has 0 aliphatic rings. The fourth-order valence-corrected chi connectivity index (χ4v) is 1.63. The number of benzene rings is 1. The molecule has 0 radical (unpaired) electrons. The number of nitrogens with zero attached hydrogens (tertiary/aromatic N) is 3. The second kappa shape index (κ2) is 5.39. The zero-order valence-corrected chi connectivity index (χ0v) is 10.00. The van der Waals surface area contributed by atoms with Crippen LogP contribution in [0.25, 0.3) is 11.0 Å². The predicted octanol–water partition coefficient (Wildman–Crippen LogP) is 1.69. The molecule has 2 rings (SSSR count). The first-order valence-corrected chi connectivity index (χ1v) is 5.77. The molecule has 1 heterocycles. The number of carbonyl (C=O) groups is 1. The van der Waals surface area contributed by atoms with Gasteiger partial charge in [-0.3, -0.25) is 4.79 Å². The topological polar surface area (TPSA) is 88.0 Å². The maximum absolute atomic E-state index is 10.7. The first-order valence-electron chi connectivity index (χ1n) is 5.77. The number of carboxylic acids is 1. The highest BCUT2D eigenvalue weighted by Crippen LogP contribution is 2.11. The van der Waals surface area contributed by atoms with E-state index in [1.165, 1.54) is 0 Å². The van der Waals surface area contributed by atoms with E-state index in [-0.39, 0.29) is 12.5 Å². The van der Waals surface area contributed by atoms with E-state index < -0.39 is 5.97 Å². The quantitative estimate of drug-likeness (QED) is 0.834. The first-order chi connectivity index (χ1) is 8.69. The summed E-state index contributed by atoms with van der Waals surface area (Å²) in [7, 11) is 0. The number of hydrogen-bond acceptors (Lipinski definition) is 5. The van der Waals surface area contributed by atoms with Gasteiger partial charge in [0.1, 0.15) is 5.52 Å². The van der Waals surface area contributed by atoms with Crippen LogP contribution in [-0.2, 0) is 4.79 Å². The number of nitrogens with one attached hydrogen (secondary N) is 1. The van der Waals surface area contributed by atoms with Crippen molar-refractivity contribution in [1.29, 1.82) is 0 Å². The van der Waals surface area contributed by atoms with Crippen LogP contribution in [0.15, 0.2) is 24.3 Å². The Morgan fingerprint density at radius 3 is 2.72 bits per heavy atom. The standard InChI is InChI=1S/C12H14N4O2/c1-2-8(7-11(17)18)13-12-14-9-5-3-4-6-10(9)15-16-12/h3-6,8H,2,7H2,1H3,(H,17,18)(H,13,14,16). The molecule has 0 aliphatic heterocycles. The summed E-state index contributed by atoms with van der Waals surface area (Å²) in [6.45, 7) is 1.91. The van der Waals surface area contributed by atoms with Gasteiger partial charge >= 0.3 is 5.97 Å². The van der Waals surface area contributed by atoms with E-state index in [9.17, 15) is 4.79 Å². The zero-order valence-electron chi connectivity index (χ0n) is 10.00. The number of fused-ring (bicyclic) bond motifs is 1. The van der Waals surface area contributed by atoms with Gasteiger partial charge in [-0.15, -0.1) is 10.2 Å². The van der Waals surface area contributed by atoms with Crippen molar-refractivity contribution in [3.05, 3.63) is 24.3 Å². The third-order valence-electron chi connectivity index (χ3n) is 2.61. The van der Waals surface area contributed by atoms with E-state index in [2.05, 4.69) is 20.5 Å². The zero-order chi connectivity index (χ0) is 13.0. The van der Waals surface area contributed by atoms with Crippen LogP contribution in [-0.4, -0.2) is 32.3 Å². The Bertz CT molecular complexity index is 559. The lowest BCUT2D eigenvalue weighted by Crippen LogP contribution is -2.23. The fraction of sp³-hybridized carbons (Fsp3) is 0.333. The van der Waals surface area contributed by atoms with Crippen LogP contribution in [0.1, 0.15) is 19.8 Å². The minimum atomic E-state index is -0.844. The molecule has 1 aromatic carbocycles. The average Bonchev–Trinajstić information content (AvgIpc) is 2.37. The highest BCUT2D eigenvalue weighted by atomic mass is 16.4. The van der Waals surface area contributed by atoms with Crippen LogP contribution in [0.5, 0.6) is 0 Å². The molecule has 2 N–H and O–H groups in total. The van der Waals surface area contributed by atoms with Crippen LogP contribution in [0.2, 0.25) is 0 Å². The van der Waals surface area contributed by atoms with Crippen LogP contribution in [0.3, 0.4) is 0 Å². The number of rotatable bonds is 5. The lowest BCUT2D eigenvalue weighted by molar-refractivity contribution is -0.137. The van der Waals surface area contributed by atoms with E-state index in [0.29, 0.717) is 17.9 Å². The third-order valence-corrected chi connectivity index (χ3v) is 2.61. The van der Waals surface area contributed by atoms with Gasteiger partial charge in [0, 0.05) is 6.04 Å². The predicted molar refractivity (Wildman–Crippen MR) is 67.3 cm³/mol. The van der Waals surface area contributed by atoms with Gasteiger partial charge in [-0.2, -0.15) is 0 Å². The smallest absolute Gasteiger partial charge is 0.305 e. The van der Waals surface area contributed by atoms with Crippen molar-refractivity contribution in [2.24, 2.45) is 0 Å². The molecule has 0 saturated carbocycles. The molecule has 0 amide bonds. The maximum atomic E-state index is 10.7. The number of anilines is 1. The molecule has 18 heavy (non-hydrogen) atoms. The first kappa shape index (κ1) is 12.2. The van der Waals surface area contributed by atoms with Gasteiger partial charge in [0.25, 0.3) is 0 Å². The normalized spacial score (nSPS) is 12.3. The molecule has 0 saturated heterocycles. The summed E-state index contributed by atoms with van der Waals surface area (Å²) in [6.07, 6.45) is 0.717. The van der Waals surface area contributed by atoms with Crippen LogP contribution in [0.4, 0.5) is 5.95 Å². The summed E-state index contributed by atoms with van der Waals surface area (Å²) in [6, 6.07) is 7.21. The Labute approximate surface area is 104 Å². The Morgan fingerprint density at radius 1 is 1.33 bits per heavy atom. The molecule has 6 nitrogen and oxygen atoms in total.